The number of amides is 2. The molecule has 150 valence electrons. The molecule has 1 aromatic carbocycles. The minimum atomic E-state index is 0.0949. The standard InChI is InChI=1S/C21H35N5O/c1-3-19(25-14-12-23(2)13-15-25)18-22-21(27)26-11-7-10-24(16-17-26)20-8-5-4-6-9-20/h4-6,8-9,19H,3,7,10-18H2,1-2H3,(H,22,27)/t19-/m0/s1. The number of likely N-dealkylation sites (N-methyl/N-ethyl adjacent to an activating group) is 1. The van der Waals surface area contributed by atoms with E-state index < -0.39 is 0 Å². The van der Waals surface area contributed by atoms with Gasteiger partial charge in [-0.3, -0.25) is 4.90 Å². The van der Waals surface area contributed by atoms with E-state index in [-0.39, 0.29) is 6.03 Å². The molecule has 0 spiro atoms. The van der Waals surface area contributed by atoms with Gasteiger partial charge < -0.3 is 20.0 Å². The van der Waals surface area contributed by atoms with Gasteiger partial charge >= 0.3 is 6.03 Å². The van der Waals surface area contributed by atoms with E-state index in [0.29, 0.717) is 6.04 Å². The molecule has 2 heterocycles. The maximum Gasteiger partial charge on any atom is 0.317 e. The van der Waals surface area contributed by atoms with Crippen LogP contribution in [0.5, 0.6) is 0 Å². The first-order valence-corrected chi connectivity index (χ1v) is 10.4. The largest absolute Gasteiger partial charge is 0.370 e. The van der Waals surface area contributed by atoms with Gasteiger partial charge in [0.2, 0.25) is 0 Å². The van der Waals surface area contributed by atoms with Crippen molar-refractivity contribution < 1.29 is 4.79 Å². The predicted octanol–water partition coefficient (Wildman–Crippen LogP) is 1.93. The molecular weight excluding hydrogens is 338 g/mol. The van der Waals surface area contributed by atoms with Crippen molar-refractivity contribution in [2.24, 2.45) is 0 Å². The summed E-state index contributed by atoms with van der Waals surface area (Å²) in [5, 5.41) is 3.21. The van der Waals surface area contributed by atoms with Gasteiger partial charge in [-0.1, -0.05) is 25.1 Å². The number of nitrogens with one attached hydrogen (secondary N) is 1. The van der Waals surface area contributed by atoms with Crippen molar-refractivity contribution >= 4 is 11.7 Å². The molecule has 2 saturated heterocycles. The summed E-state index contributed by atoms with van der Waals surface area (Å²) in [5.41, 5.74) is 1.25. The topological polar surface area (TPSA) is 42.1 Å². The molecule has 3 rings (SSSR count). The highest BCUT2D eigenvalue weighted by Crippen LogP contribution is 2.16. The Morgan fingerprint density at radius 3 is 2.44 bits per heavy atom. The van der Waals surface area contributed by atoms with Gasteiger partial charge in [0.25, 0.3) is 0 Å². The van der Waals surface area contributed by atoms with E-state index in [1.165, 1.54) is 5.69 Å². The Balaban J connectivity index is 1.46. The van der Waals surface area contributed by atoms with Crippen molar-refractivity contribution in [2.45, 2.75) is 25.8 Å². The molecule has 0 bridgehead atoms. The molecule has 2 amide bonds. The summed E-state index contributed by atoms with van der Waals surface area (Å²) < 4.78 is 0. The number of carbonyl (C=O) groups is 1. The quantitative estimate of drug-likeness (QED) is 0.856. The lowest BCUT2D eigenvalue weighted by atomic mass is 10.1. The number of urea groups is 1. The number of hydrogen-bond acceptors (Lipinski definition) is 4. The van der Waals surface area contributed by atoms with Crippen molar-refractivity contribution in [1.29, 1.82) is 0 Å². The molecule has 1 N–H and O–H groups in total. The number of benzene rings is 1. The van der Waals surface area contributed by atoms with Crippen molar-refractivity contribution in [3.05, 3.63) is 30.3 Å². The van der Waals surface area contributed by atoms with Gasteiger partial charge in [-0.15, -0.1) is 0 Å². The summed E-state index contributed by atoms with van der Waals surface area (Å²) in [6.07, 6.45) is 2.09. The molecule has 0 saturated carbocycles. The van der Waals surface area contributed by atoms with Crippen LogP contribution in [0.4, 0.5) is 10.5 Å². The maximum absolute atomic E-state index is 12.7. The fourth-order valence-electron chi connectivity index (χ4n) is 4.05. The normalized spacial score (nSPS) is 21.0. The summed E-state index contributed by atoms with van der Waals surface area (Å²) in [5.74, 6) is 0. The second-order valence-corrected chi connectivity index (χ2v) is 7.75. The summed E-state index contributed by atoms with van der Waals surface area (Å²) in [6.45, 7) is 10.9. The lowest BCUT2D eigenvalue weighted by Gasteiger charge is -2.38. The fraction of sp³-hybridized carbons (Fsp3) is 0.667. The minimum absolute atomic E-state index is 0.0949. The summed E-state index contributed by atoms with van der Waals surface area (Å²) in [7, 11) is 2.18. The highest BCUT2D eigenvalue weighted by atomic mass is 16.2. The smallest absolute Gasteiger partial charge is 0.317 e. The monoisotopic (exact) mass is 373 g/mol. The van der Waals surface area contributed by atoms with Crippen molar-refractivity contribution in [2.75, 3.05) is 70.9 Å². The van der Waals surface area contributed by atoms with E-state index >= 15 is 0 Å². The number of nitrogens with zero attached hydrogens (tertiary/aromatic N) is 4. The van der Waals surface area contributed by atoms with Crippen LogP contribution < -0.4 is 10.2 Å². The maximum atomic E-state index is 12.7. The fourth-order valence-corrected chi connectivity index (χ4v) is 4.05. The highest BCUT2D eigenvalue weighted by Gasteiger charge is 2.23. The van der Waals surface area contributed by atoms with Crippen LogP contribution in [-0.4, -0.2) is 92.7 Å². The third-order valence-corrected chi connectivity index (χ3v) is 5.92. The van der Waals surface area contributed by atoms with Crippen LogP contribution in [0.25, 0.3) is 0 Å². The Morgan fingerprint density at radius 2 is 1.74 bits per heavy atom. The predicted molar refractivity (Wildman–Crippen MR) is 111 cm³/mol. The third kappa shape index (κ3) is 5.59. The summed E-state index contributed by atoms with van der Waals surface area (Å²) in [4.78, 5) is 22.0. The van der Waals surface area contributed by atoms with Gasteiger partial charge in [-0.2, -0.15) is 0 Å². The van der Waals surface area contributed by atoms with Crippen LogP contribution in [0.1, 0.15) is 19.8 Å². The van der Waals surface area contributed by atoms with Crippen LogP contribution in [0, 0.1) is 0 Å². The van der Waals surface area contributed by atoms with Crippen molar-refractivity contribution in [3.63, 3.8) is 0 Å². The number of hydrogen-bond donors (Lipinski definition) is 1. The first kappa shape index (κ1) is 20.0. The van der Waals surface area contributed by atoms with E-state index in [0.717, 1.165) is 71.7 Å². The van der Waals surface area contributed by atoms with Crippen molar-refractivity contribution in [3.8, 4) is 0 Å². The molecule has 0 aromatic heterocycles. The number of anilines is 1. The average Bonchev–Trinajstić information content (AvgIpc) is 2.96. The Labute approximate surface area is 164 Å². The average molecular weight is 374 g/mol. The molecule has 0 unspecified atom stereocenters. The van der Waals surface area contributed by atoms with Gasteiger partial charge in [0.05, 0.1) is 0 Å². The first-order valence-electron chi connectivity index (χ1n) is 10.4. The van der Waals surface area contributed by atoms with Gasteiger partial charge in [0, 0.05) is 70.6 Å². The van der Waals surface area contributed by atoms with Crippen molar-refractivity contribution in [1.82, 2.24) is 20.0 Å². The number of para-hydroxylation sites is 1. The molecular formula is C21H35N5O. The van der Waals surface area contributed by atoms with Gasteiger partial charge in [-0.25, -0.2) is 4.79 Å². The van der Waals surface area contributed by atoms with Crippen LogP contribution in [0.15, 0.2) is 30.3 Å². The molecule has 0 aliphatic carbocycles. The number of carbonyl (C=O) groups excluding carboxylic acids is 1. The zero-order chi connectivity index (χ0) is 19.1. The molecule has 6 heteroatoms. The first-order chi connectivity index (χ1) is 13.2. The zero-order valence-corrected chi connectivity index (χ0v) is 16.9. The molecule has 2 aliphatic heterocycles. The Hall–Kier alpha value is -1.79. The second-order valence-electron chi connectivity index (χ2n) is 7.75. The minimum Gasteiger partial charge on any atom is -0.370 e. The van der Waals surface area contributed by atoms with E-state index in [2.05, 4.69) is 58.3 Å². The summed E-state index contributed by atoms with van der Waals surface area (Å²) in [6, 6.07) is 11.0. The van der Waals surface area contributed by atoms with E-state index in [9.17, 15) is 4.79 Å². The highest BCUT2D eigenvalue weighted by molar-refractivity contribution is 5.74. The van der Waals surface area contributed by atoms with Gasteiger partial charge in [-0.05, 0) is 32.0 Å². The van der Waals surface area contributed by atoms with Crippen LogP contribution in [0.2, 0.25) is 0 Å². The lowest BCUT2D eigenvalue weighted by molar-refractivity contribution is 0.107. The van der Waals surface area contributed by atoms with Crippen LogP contribution in [-0.2, 0) is 0 Å². The lowest BCUT2D eigenvalue weighted by Crippen LogP contribution is -2.53. The van der Waals surface area contributed by atoms with Crippen LogP contribution in [0.3, 0.4) is 0 Å². The van der Waals surface area contributed by atoms with E-state index in [1.807, 2.05) is 11.0 Å². The molecule has 2 aliphatic rings. The van der Waals surface area contributed by atoms with E-state index in [4.69, 9.17) is 0 Å². The Bertz CT molecular complexity index is 573. The number of piperazine rings is 1. The SMILES string of the molecule is CC[C@@H](CNC(=O)N1CCCN(c2ccccc2)CC1)N1CCN(C)CC1. The second kappa shape index (κ2) is 9.95. The molecule has 1 aromatic rings. The molecule has 27 heavy (non-hydrogen) atoms. The third-order valence-electron chi connectivity index (χ3n) is 5.92. The van der Waals surface area contributed by atoms with E-state index in [1.54, 1.807) is 0 Å². The molecule has 2 fully saturated rings. The van der Waals surface area contributed by atoms with Gasteiger partial charge in [0.1, 0.15) is 0 Å². The number of rotatable bonds is 5. The van der Waals surface area contributed by atoms with Crippen LogP contribution >= 0.6 is 0 Å². The summed E-state index contributed by atoms with van der Waals surface area (Å²) >= 11 is 0. The Kier molecular flexibility index (Phi) is 7.35. The van der Waals surface area contributed by atoms with Gasteiger partial charge in [0.15, 0.2) is 0 Å². The Morgan fingerprint density at radius 1 is 1.00 bits per heavy atom. The molecule has 0 radical (unpaired) electrons. The zero-order valence-electron chi connectivity index (χ0n) is 16.9. The molecule has 1 atom stereocenters. The molecule has 6 nitrogen and oxygen atoms in total.